The molecule has 2 heterocycles. The summed E-state index contributed by atoms with van der Waals surface area (Å²) in [5.41, 5.74) is 1.18. The van der Waals surface area contributed by atoms with Crippen molar-refractivity contribution in [3.8, 4) is 11.3 Å². The van der Waals surface area contributed by atoms with Crippen molar-refractivity contribution in [3.05, 3.63) is 46.5 Å². The van der Waals surface area contributed by atoms with Crippen molar-refractivity contribution in [2.24, 2.45) is 0 Å². The average molecular weight is 360 g/mol. The van der Waals surface area contributed by atoms with E-state index in [2.05, 4.69) is 10.2 Å². The summed E-state index contributed by atoms with van der Waals surface area (Å²) in [6.45, 7) is 2.40. The summed E-state index contributed by atoms with van der Waals surface area (Å²) in [5, 5.41) is 19.7. The molecule has 1 fully saturated rings. The van der Waals surface area contributed by atoms with Crippen LogP contribution in [0, 0.1) is 10.1 Å². The van der Waals surface area contributed by atoms with Crippen molar-refractivity contribution in [2.75, 3.05) is 32.1 Å². The molecule has 0 atom stereocenters. The molecule has 0 radical (unpaired) electrons. The maximum absolute atomic E-state index is 12.1. The number of nitrogens with zero attached hydrogens (tertiary/aromatic N) is 4. The quantitative estimate of drug-likeness (QED) is 0.457. The van der Waals surface area contributed by atoms with Gasteiger partial charge in [0.25, 0.3) is 5.69 Å². The first-order chi connectivity index (χ1) is 12.1. The van der Waals surface area contributed by atoms with Crippen molar-refractivity contribution in [3.63, 3.8) is 0 Å². The molecule has 0 bridgehead atoms. The number of hydrogen-bond acceptors (Lipinski definition) is 7. The molecule has 0 unspecified atom stereocenters. The number of ether oxygens (including phenoxy) is 1. The smallest absolute Gasteiger partial charge is 0.270 e. The molecule has 0 aliphatic carbocycles. The largest absolute Gasteiger partial charge is 0.378 e. The molecule has 0 N–H and O–H groups in total. The van der Waals surface area contributed by atoms with E-state index < -0.39 is 4.92 Å². The molecule has 1 aliphatic heterocycles. The third kappa shape index (κ3) is 4.52. The molecule has 1 amide bonds. The number of nitro benzene ring substituents is 1. The highest BCUT2D eigenvalue weighted by atomic mass is 32.2. The Hall–Kier alpha value is -2.52. The van der Waals surface area contributed by atoms with E-state index in [-0.39, 0.29) is 11.6 Å². The number of rotatable bonds is 5. The standard InChI is InChI=1S/C16H16N4O4S/c21-16(19-6-8-24-9-7-19)11-25-15-5-4-14(17-18-15)12-2-1-3-13(10-12)20(22)23/h1-5,10H,6-9,11H2. The van der Waals surface area contributed by atoms with E-state index in [1.807, 2.05) is 0 Å². The van der Waals surface area contributed by atoms with E-state index in [0.29, 0.717) is 48.3 Å². The molecule has 130 valence electrons. The Balaban J connectivity index is 1.61. The molecule has 25 heavy (non-hydrogen) atoms. The number of thioether (sulfide) groups is 1. The third-order valence-electron chi connectivity index (χ3n) is 3.70. The third-order valence-corrected chi connectivity index (χ3v) is 4.60. The van der Waals surface area contributed by atoms with Crippen LogP contribution in [0.25, 0.3) is 11.3 Å². The number of benzene rings is 1. The van der Waals surface area contributed by atoms with Crippen LogP contribution in [0.5, 0.6) is 0 Å². The van der Waals surface area contributed by atoms with Crippen LogP contribution < -0.4 is 0 Å². The van der Waals surface area contributed by atoms with Crippen molar-refractivity contribution in [1.29, 1.82) is 0 Å². The van der Waals surface area contributed by atoms with Gasteiger partial charge in [-0.25, -0.2) is 0 Å². The first-order valence-corrected chi connectivity index (χ1v) is 8.69. The van der Waals surface area contributed by atoms with Crippen molar-refractivity contribution in [1.82, 2.24) is 15.1 Å². The number of non-ortho nitro benzene ring substituents is 1. The Morgan fingerprint density at radius 1 is 1.24 bits per heavy atom. The first-order valence-electron chi connectivity index (χ1n) is 7.70. The highest BCUT2D eigenvalue weighted by Gasteiger charge is 2.17. The van der Waals surface area contributed by atoms with E-state index >= 15 is 0 Å². The minimum absolute atomic E-state index is 0.00820. The summed E-state index contributed by atoms with van der Waals surface area (Å²) in [7, 11) is 0. The van der Waals surface area contributed by atoms with E-state index in [1.165, 1.54) is 23.9 Å². The van der Waals surface area contributed by atoms with E-state index in [9.17, 15) is 14.9 Å². The predicted molar refractivity (Wildman–Crippen MR) is 92.2 cm³/mol. The van der Waals surface area contributed by atoms with Crippen LogP contribution in [0.2, 0.25) is 0 Å². The zero-order valence-corrected chi connectivity index (χ0v) is 14.1. The van der Waals surface area contributed by atoms with Gasteiger partial charge in [-0.3, -0.25) is 14.9 Å². The van der Waals surface area contributed by atoms with Gasteiger partial charge < -0.3 is 9.64 Å². The fourth-order valence-electron chi connectivity index (χ4n) is 2.37. The summed E-state index contributed by atoms with van der Waals surface area (Å²) in [6.07, 6.45) is 0. The number of amides is 1. The lowest BCUT2D eigenvalue weighted by Crippen LogP contribution is -2.41. The van der Waals surface area contributed by atoms with Crippen LogP contribution >= 0.6 is 11.8 Å². The number of morpholine rings is 1. The Morgan fingerprint density at radius 3 is 2.72 bits per heavy atom. The second-order valence-corrected chi connectivity index (χ2v) is 6.34. The van der Waals surface area contributed by atoms with E-state index in [1.54, 1.807) is 29.2 Å². The minimum Gasteiger partial charge on any atom is -0.378 e. The molecule has 1 aliphatic rings. The molecule has 1 aromatic carbocycles. The number of aromatic nitrogens is 2. The second kappa shape index (κ2) is 8.04. The fourth-order valence-corrected chi connectivity index (χ4v) is 3.09. The monoisotopic (exact) mass is 360 g/mol. The van der Waals surface area contributed by atoms with Crippen LogP contribution in [0.15, 0.2) is 41.4 Å². The van der Waals surface area contributed by atoms with Gasteiger partial charge in [-0.05, 0) is 12.1 Å². The van der Waals surface area contributed by atoms with Gasteiger partial charge in [0, 0.05) is 30.8 Å². The van der Waals surface area contributed by atoms with Crippen molar-refractivity contribution < 1.29 is 14.5 Å². The van der Waals surface area contributed by atoms with E-state index in [4.69, 9.17) is 4.74 Å². The molecule has 0 saturated carbocycles. The van der Waals surface area contributed by atoms with Crippen LogP contribution in [-0.4, -0.2) is 58.0 Å². The molecular weight excluding hydrogens is 344 g/mol. The second-order valence-electron chi connectivity index (χ2n) is 5.35. The van der Waals surface area contributed by atoms with Gasteiger partial charge in [0.1, 0.15) is 5.03 Å². The van der Waals surface area contributed by atoms with E-state index in [0.717, 1.165) is 0 Å². The maximum Gasteiger partial charge on any atom is 0.270 e. The Kier molecular flexibility index (Phi) is 5.56. The van der Waals surface area contributed by atoms with Crippen LogP contribution in [0.4, 0.5) is 5.69 Å². The fraction of sp³-hybridized carbons (Fsp3) is 0.312. The lowest BCUT2D eigenvalue weighted by Gasteiger charge is -2.26. The molecular formula is C16H16N4O4S. The molecule has 0 spiro atoms. The summed E-state index contributed by atoms with van der Waals surface area (Å²) < 4.78 is 5.23. The van der Waals surface area contributed by atoms with Crippen molar-refractivity contribution >= 4 is 23.4 Å². The van der Waals surface area contributed by atoms with Gasteiger partial charge in [0.2, 0.25) is 5.91 Å². The number of carbonyl (C=O) groups is 1. The SMILES string of the molecule is O=C(CSc1ccc(-c2cccc([N+](=O)[O-])c2)nn1)N1CCOCC1. The Bertz CT molecular complexity index is 763. The van der Waals surface area contributed by atoms with Crippen LogP contribution in [0.3, 0.4) is 0 Å². The highest BCUT2D eigenvalue weighted by molar-refractivity contribution is 7.99. The highest BCUT2D eigenvalue weighted by Crippen LogP contribution is 2.23. The van der Waals surface area contributed by atoms with Gasteiger partial charge in [-0.15, -0.1) is 10.2 Å². The lowest BCUT2D eigenvalue weighted by molar-refractivity contribution is -0.384. The van der Waals surface area contributed by atoms with Crippen LogP contribution in [0.1, 0.15) is 0 Å². The molecule has 8 nitrogen and oxygen atoms in total. The maximum atomic E-state index is 12.1. The Morgan fingerprint density at radius 2 is 2.04 bits per heavy atom. The van der Waals surface area contributed by atoms with Gasteiger partial charge in [0.15, 0.2) is 0 Å². The van der Waals surface area contributed by atoms with Gasteiger partial charge in [-0.2, -0.15) is 0 Å². The topological polar surface area (TPSA) is 98.5 Å². The number of carbonyl (C=O) groups excluding carboxylic acids is 1. The zero-order chi connectivity index (χ0) is 17.6. The minimum atomic E-state index is -0.446. The number of hydrogen-bond donors (Lipinski definition) is 0. The zero-order valence-electron chi connectivity index (χ0n) is 13.3. The van der Waals surface area contributed by atoms with Gasteiger partial charge in [-0.1, -0.05) is 23.9 Å². The number of nitro groups is 1. The summed E-state index contributed by atoms with van der Waals surface area (Å²) in [6, 6.07) is 9.74. The van der Waals surface area contributed by atoms with Crippen molar-refractivity contribution in [2.45, 2.75) is 5.03 Å². The lowest BCUT2D eigenvalue weighted by atomic mass is 10.1. The molecule has 9 heteroatoms. The molecule has 2 aromatic rings. The normalized spacial score (nSPS) is 14.3. The summed E-state index contributed by atoms with van der Waals surface area (Å²) >= 11 is 1.32. The first kappa shape index (κ1) is 17.3. The summed E-state index contributed by atoms with van der Waals surface area (Å²) in [4.78, 5) is 24.3. The molecule has 1 saturated heterocycles. The van der Waals surface area contributed by atoms with Crippen LogP contribution in [-0.2, 0) is 9.53 Å². The molecule has 1 aromatic heterocycles. The summed E-state index contributed by atoms with van der Waals surface area (Å²) in [5.74, 6) is 0.350. The predicted octanol–water partition coefficient (Wildman–Crippen LogP) is 2.00. The molecule has 3 rings (SSSR count). The Labute approximate surface area is 148 Å². The van der Waals surface area contributed by atoms with Gasteiger partial charge in [0.05, 0.1) is 29.6 Å². The van der Waals surface area contributed by atoms with Gasteiger partial charge >= 0.3 is 0 Å². The average Bonchev–Trinajstić information content (AvgIpc) is 2.67.